The van der Waals surface area contributed by atoms with Gasteiger partial charge in [0.15, 0.2) is 0 Å². The minimum atomic E-state index is -0.367. The first-order chi connectivity index (χ1) is 8.34. The number of hydrogen-bond acceptors (Lipinski definition) is 3. The largest absolute Gasteiger partial charge is 0.493 e. The van der Waals surface area contributed by atoms with Gasteiger partial charge in [0.05, 0.1) is 12.7 Å². The molecule has 0 radical (unpaired) electrons. The molecule has 3 heteroatoms. The molecule has 0 spiro atoms. The lowest BCUT2D eigenvalue weighted by atomic mass is 9.92. The van der Waals surface area contributed by atoms with E-state index in [9.17, 15) is 5.11 Å². The average Bonchev–Trinajstić information content (AvgIpc) is 2.96. The van der Waals surface area contributed by atoms with Crippen molar-refractivity contribution >= 4 is 11.3 Å². The number of fused-ring (bicyclic) bond motifs is 1. The second-order valence-corrected chi connectivity index (χ2v) is 5.14. The Kier molecular flexibility index (Phi) is 2.87. The predicted molar refractivity (Wildman–Crippen MR) is 68.7 cm³/mol. The van der Waals surface area contributed by atoms with Gasteiger partial charge in [0.25, 0.3) is 0 Å². The molecule has 1 aliphatic heterocycles. The van der Waals surface area contributed by atoms with E-state index >= 15 is 0 Å². The zero-order valence-corrected chi connectivity index (χ0v) is 10.2. The van der Waals surface area contributed by atoms with Gasteiger partial charge in [-0.05, 0) is 34.9 Å². The third-order valence-electron chi connectivity index (χ3n) is 3.23. The normalized spacial score (nSPS) is 19.7. The van der Waals surface area contributed by atoms with Gasteiger partial charge in [-0.15, -0.1) is 0 Å². The van der Waals surface area contributed by atoms with Crippen molar-refractivity contribution in [2.45, 2.75) is 18.4 Å². The van der Waals surface area contributed by atoms with Crippen LogP contribution in [0, 0.1) is 0 Å². The smallest absolute Gasteiger partial charge is 0.123 e. The molecule has 0 saturated carbocycles. The van der Waals surface area contributed by atoms with Crippen molar-refractivity contribution in [2.24, 2.45) is 0 Å². The van der Waals surface area contributed by atoms with Gasteiger partial charge in [0, 0.05) is 11.5 Å². The van der Waals surface area contributed by atoms with Gasteiger partial charge in [-0.2, -0.15) is 11.3 Å². The standard InChI is InChI=1S/C14H14O2S/c15-13(7-10-5-6-17-9-10)12-8-16-14-4-2-1-3-11(12)14/h1-6,9,12-13,15H,7-8H2. The topological polar surface area (TPSA) is 29.5 Å². The molecule has 2 heterocycles. The monoisotopic (exact) mass is 246 g/mol. The van der Waals surface area contributed by atoms with Gasteiger partial charge in [-0.3, -0.25) is 0 Å². The zero-order chi connectivity index (χ0) is 11.7. The van der Waals surface area contributed by atoms with Crippen molar-refractivity contribution < 1.29 is 9.84 Å². The Morgan fingerprint density at radius 1 is 1.35 bits per heavy atom. The van der Waals surface area contributed by atoms with Crippen LogP contribution < -0.4 is 4.74 Å². The number of benzene rings is 1. The number of para-hydroxylation sites is 1. The van der Waals surface area contributed by atoms with Gasteiger partial charge < -0.3 is 9.84 Å². The first kappa shape index (κ1) is 10.8. The van der Waals surface area contributed by atoms with E-state index in [2.05, 4.69) is 11.4 Å². The van der Waals surface area contributed by atoms with Gasteiger partial charge >= 0.3 is 0 Å². The fourth-order valence-corrected chi connectivity index (χ4v) is 2.98. The Morgan fingerprint density at radius 2 is 2.24 bits per heavy atom. The summed E-state index contributed by atoms with van der Waals surface area (Å²) < 4.78 is 5.59. The lowest BCUT2D eigenvalue weighted by Crippen LogP contribution is -2.22. The van der Waals surface area contributed by atoms with E-state index in [1.165, 1.54) is 5.56 Å². The quantitative estimate of drug-likeness (QED) is 0.902. The minimum Gasteiger partial charge on any atom is -0.493 e. The molecule has 17 heavy (non-hydrogen) atoms. The van der Waals surface area contributed by atoms with E-state index in [1.54, 1.807) is 11.3 Å². The van der Waals surface area contributed by atoms with Crippen LogP contribution in [0.3, 0.4) is 0 Å². The Balaban J connectivity index is 1.78. The van der Waals surface area contributed by atoms with Crippen molar-refractivity contribution in [3.63, 3.8) is 0 Å². The van der Waals surface area contributed by atoms with Gasteiger partial charge in [-0.25, -0.2) is 0 Å². The maximum Gasteiger partial charge on any atom is 0.123 e. The highest BCUT2D eigenvalue weighted by atomic mass is 32.1. The lowest BCUT2D eigenvalue weighted by molar-refractivity contribution is 0.129. The number of ether oxygens (including phenoxy) is 1. The molecule has 2 nitrogen and oxygen atoms in total. The van der Waals surface area contributed by atoms with E-state index in [4.69, 9.17) is 4.74 Å². The van der Waals surface area contributed by atoms with Crippen molar-refractivity contribution in [1.29, 1.82) is 0 Å². The lowest BCUT2D eigenvalue weighted by Gasteiger charge is -2.16. The number of aliphatic hydroxyl groups is 1. The van der Waals surface area contributed by atoms with Crippen LogP contribution in [0.15, 0.2) is 41.1 Å². The van der Waals surface area contributed by atoms with E-state index in [0.717, 1.165) is 11.3 Å². The summed E-state index contributed by atoms with van der Waals surface area (Å²) in [5, 5.41) is 14.4. The molecule has 0 saturated heterocycles. The van der Waals surface area contributed by atoms with Crippen molar-refractivity contribution in [3.8, 4) is 5.75 Å². The second kappa shape index (κ2) is 4.51. The molecule has 2 aromatic rings. The van der Waals surface area contributed by atoms with E-state index < -0.39 is 0 Å². The maximum absolute atomic E-state index is 10.3. The first-order valence-corrected chi connectivity index (χ1v) is 6.70. The Bertz CT molecular complexity index is 493. The summed E-state index contributed by atoms with van der Waals surface area (Å²) in [7, 11) is 0. The number of rotatable bonds is 3. The molecular weight excluding hydrogens is 232 g/mol. The van der Waals surface area contributed by atoms with Crippen LogP contribution in [0.4, 0.5) is 0 Å². The molecule has 0 bridgehead atoms. The Morgan fingerprint density at radius 3 is 3.06 bits per heavy atom. The Hall–Kier alpha value is -1.32. The summed E-state index contributed by atoms with van der Waals surface area (Å²) in [6.45, 7) is 0.588. The summed E-state index contributed by atoms with van der Waals surface area (Å²) in [6, 6.07) is 10.0. The van der Waals surface area contributed by atoms with Crippen molar-refractivity contribution in [2.75, 3.05) is 6.61 Å². The summed E-state index contributed by atoms with van der Waals surface area (Å²) in [4.78, 5) is 0. The summed E-state index contributed by atoms with van der Waals surface area (Å²) in [6.07, 6.45) is 0.333. The van der Waals surface area contributed by atoms with Crippen LogP contribution in [-0.2, 0) is 6.42 Å². The summed E-state index contributed by atoms with van der Waals surface area (Å²) in [5.41, 5.74) is 2.34. The van der Waals surface area contributed by atoms with E-state index in [-0.39, 0.29) is 12.0 Å². The number of thiophene rings is 1. The third-order valence-corrected chi connectivity index (χ3v) is 3.96. The summed E-state index contributed by atoms with van der Waals surface area (Å²) in [5.74, 6) is 1.02. The minimum absolute atomic E-state index is 0.103. The highest BCUT2D eigenvalue weighted by Crippen LogP contribution is 2.36. The third kappa shape index (κ3) is 2.08. The second-order valence-electron chi connectivity index (χ2n) is 4.36. The van der Waals surface area contributed by atoms with E-state index in [1.807, 2.05) is 29.6 Å². The first-order valence-electron chi connectivity index (χ1n) is 5.75. The highest BCUT2D eigenvalue weighted by molar-refractivity contribution is 7.07. The molecule has 0 amide bonds. The van der Waals surface area contributed by atoms with Gasteiger partial charge in [0.1, 0.15) is 5.75 Å². The fourth-order valence-electron chi connectivity index (χ4n) is 2.30. The van der Waals surface area contributed by atoms with Crippen LogP contribution in [-0.4, -0.2) is 17.8 Å². The number of aliphatic hydroxyl groups excluding tert-OH is 1. The predicted octanol–water partition coefficient (Wildman–Crippen LogP) is 2.83. The molecule has 3 rings (SSSR count). The molecule has 2 unspecified atom stereocenters. The maximum atomic E-state index is 10.3. The molecule has 1 aromatic carbocycles. The van der Waals surface area contributed by atoms with Crippen LogP contribution in [0.25, 0.3) is 0 Å². The molecule has 88 valence electrons. The molecule has 1 aromatic heterocycles. The Labute approximate surface area is 104 Å². The zero-order valence-electron chi connectivity index (χ0n) is 9.37. The molecular formula is C14H14O2S. The van der Waals surface area contributed by atoms with Crippen molar-refractivity contribution in [3.05, 3.63) is 52.2 Å². The van der Waals surface area contributed by atoms with Crippen LogP contribution >= 0.6 is 11.3 Å². The molecule has 1 N–H and O–H groups in total. The van der Waals surface area contributed by atoms with Crippen LogP contribution in [0.1, 0.15) is 17.0 Å². The molecule has 1 aliphatic rings. The van der Waals surface area contributed by atoms with Gasteiger partial charge in [0.2, 0.25) is 0 Å². The molecule has 0 fully saturated rings. The number of hydrogen-bond donors (Lipinski definition) is 1. The summed E-state index contributed by atoms with van der Waals surface area (Å²) >= 11 is 1.67. The SMILES string of the molecule is OC(Cc1ccsc1)C1COc2ccccc21. The van der Waals surface area contributed by atoms with Crippen LogP contribution in [0.5, 0.6) is 5.75 Å². The van der Waals surface area contributed by atoms with E-state index in [0.29, 0.717) is 13.0 Å². The van der Waals surface area contributed by atoms with Crippen molar-refractivity contribution in [1.82, 2.24) is 0 Å². The molecule has 0 aliphatic carbocycles. The van der Waals surface area contributed by atoms with Gasteiger partial charge in [-0.1, -0.05) is 18.2 Å². The average molecular weight is 246 g/mol. The fraction of sp³-hybridized carbons (Fsp3) is 0.286. The molecule has 2 atom stereocenters. The van der Waals surface area contributed by atoms with Crippen LogP contribution in [0.2, 0.25) is 0 Å². The highest BCUT2D eigenvalue weighted by Gasteiger charge is 2.29.